The van der Waals surface area contributed by atoms with Gasteiger partial charge in [-0.2, -0.15) is 0 Å². The molecule has 2 rings (SSSR count). The summed E-state index contributed by atoms with van der Waals surface area (Å²) >= 11 is 0. The van der Waals surface area contributed by atoms with Gasteiger partial charge in [0.2, 0.25) is 0 Å². The Bertz CT molecular complexity index is 550. The van der Waals surface area contributed by atoms with Crippen LogP contribution in [0.2, 0.25) is 0 Å². The minimum absolute atomic E-state index is 0.287. The van der Waals surface area contributed by atoms with Crippen LogP contribution in [0.4, 0.5) is 4.79 Å². The van der Waals surface area contributed by atoms with Gasteiger partial charge in [-0.05, 0) is 11.1 Å². The van der Waals surface area contributed by atoms with Crippen LogP contribution in [0.25, 0.3) is 6.08 Å². The molecule has 0 atom stereocenters. The molecule has 3 heteroatoms. The van der Waals surface area contributed by atoms with E-state index in [4.69, 9.17) is 4.74 Å². The van der Waals surface area contributed by atoms with E-state index in [2.05, 4.69) is 5.32 Å². The smallest absolute Gasteiger partial charge is 0.407 e. The number of rotatable bonds is 5. The van der Waals surface area contributed by atoms with Crippen molar-refractivity contribution in [2.24, 2.45) is 0 Å². The molecular formula is C17H17NO2. The lowest BCUT2D eigenvalue weighted by atomic mass is 10.2. The van der Waals surface area contributed by atoms with Gasteiger partial charge in [0, 0.05) is 6.54 Å². The molecular weight excluding hydrogens is 250 g/mol. The van der Waals surface area contributed by atoms with Crippen molar-refractivity contribution in [3.05, 3.63) is 77.9 Å². The van der Waals surface area contributed by atoms with Gasteiger partial charge >= 0.3 is 6.09 Å². The molecule has 0 aliphatic rings. The molecule has 0 unspecified atom stereocenters. The van der Waals surface area contributed by atoms with E-state index in [1.165, 1.54) is 0 Å². The highest BCUT2D eigenvalue weighted by Crippen LogP contribution is 2.01. The van der Waals surface area contributed by atoms with Gasteiger partial charge in [0.1, 0.15) is 6.61 Å². The molecule has 0 aliphatic carbocycles. The quantitative estimate of drug-likeness (QED) is 0.898. The number of amides is 1. The molecule has 1 amide bonds. The first-order valence-electron chi connectivity index (χ1n) is 6.51. The van der Waals surface area contributed by atoms with Crippen LogP contribution in [0, 0.1) is 0 Å². The van der Waals surface area contributed by atoms with Gasteiger partial charge in [-0.3, -0.25) is 0 Å². The van der Waals surface area contributed by atoms with E-state index in [0.717, 1.165) is 11.1 Å². The number of ether oxygens (including phenoxy) is 1. The van der Waals surface area contributed by atoms with Crippen LogP contribution in [0.15, 0.2) is 66.7 Å². The second-order valence-electron chi connectivity index (χ2n) is 4.26. The zero-order valence-corrected chi connectivity index (χ0v) is 11.2. The third kappa shape index (κ3) is 4.98. The molecule has 20 heavy (non-hydrogen) atoms. The highest BCUT2D eigenvalue weighted by atomic mass is 16.5. The number of alkyl carbamates (subject to hydrolysis) is 1. The van der Waals surface area contributed by atoms with Gasteiger partial charge in [0.25, 0.3) is 0 Å². The third-order valence-corrected chi connectivity index (χ3v) is 2.69. The van der Waals surface area contributed by atoms with E-state index in [9.17, 15) is 4.79 Å². The highest BCUT2D eigenvalue weighted by molar-refractivity contribution is 5.67. The Balaban J connectivity index is 1.67. The summed E-state index contributed by atoms with van der Waals surface area (Å²) in [6.45, 7) is 0.734. The number of hydrogen-bond acceptors (Lipinski definition) is 2. The number of nitrogens with one attached hydrogen (secondary N) is 1. The van der Waals surface area contributed by atoms with E-state index >= 15 is 0 Å². The molecule has 0 bridgehead atoms. The van der Waals surface area contributed by atoms with Crippen LogP contribution in [0.5, 0.6) is 0 Å². The molecule has 1 N–H and O–H groups in total. The van der Waals surface area contributed by atoms with Crippen LogP contribution in [-0.2, 0) is 11.3 Å². The Morgan fingerprint density at radius 1 is 1.00 bits per heavy atom. The van der Waals surface area contributed by atoms with Gasteiger partial charge in [0.05, 0.1) is 0 Å². The van der Waals surface area contributed by atoms with Crippen LogP contribution >= 0.6 is 0 Å². The van der Waals surface area contributed by atoms with E-state index < -0.39 is 6.09 Å². The molecule has 0 fully saturated rings. The topological polar surface area (TPSA) is 38.3 Å². The molecule has 0 saturated carbocycles. The predicted octanol–water partition coefficient (Wildman–Crippen LogP) is 3.63. The largest absolute Gasteiger partial charge is 0.445 e. The predicted molar refractivity (Wildman–Crippen MR) is 80.1 cm³/mol. The molecule has 0 spiro atoms. The lowest BCUT2D eigenvalue weighted by Crippen LogP contribution is -2.24. The molecule has 0 saturated heterocycles. The van der Waals surface area contributed by atoms with Crippen molar-refractivity contribution in [3.8, 4) is 0 Å². The molecule has 2 aromatic carbocycles. The fourth-order valence-electron chi connectivity index (χ4n) is 1.68. The second kappa shape index (κ2) is 7.79. The van der Waals surface area contributed by atoms with Gasteiger partial charge in [-0.25, -0.2) is 4.79 Å². The molecule has 2 aromatic rings. The van der Waals surface area contributed by atoms with Crippen molar-refractivity contribution in [2.45, 2.75) is 6.61 Å². The number of carbonyl (C=O) groups is 1. The second-order valence-corrected chi connectivity index (χ2v) is 4.26. The summed E-state index contributed by atoms with van der Waals surface area (Å²) in [5, 5.41) is 2.68. The fourth-order valence-corrected chi connectivity index (χ4v) is 1.68. The molecule has 0 heterocycles. The van der Waals surface area contributed by atoms with Gasteiger partial charge in [0.15, 0.2) is 0 Å². The lowest BCUT2D eigenvalue weighted by Gasteiger charge is -2.05. The molecule has 102 valence electrons. The minimum Gasteiger partial charge on any atom is -0.445 e. The number of hydrogen-bond donors (Lipinski definition) is 1. The summed E-state index contributed by atoms with van der Waals surface area (Å²) < 4.78 is 5.10. The van der Waals surface area contributed by atoms with Gasteiger partial charge in [-0.1, -0.05) is 72.8 Å². The maximum Gasteiger partial charge on any atom is 0.407 e. The van der Waals surface area contributed by atoms with Crippen molar-refractivity contribution in [1.82, 2.24) is 5.32 Å². The van der Waals surface area contributed by atoms with Crippen molar-refractivity contribution < 1.29 is 9.53 Å². The first-order chi connectivity index (χ1) is 9.84. The van der Waals surface area contributed by atoms with Crippen molar-refractivity contribution in [2.75, 3.05) is 6.54 Å². The maximum atomic E-state index is 11.5. The summed E-state index contributed by atoms with van der Waals surface area (Å²) in [5.74, 6) is 0. The van der Waals surface area contributed by atoms with Crippen molar-refractivity contribution >= 4 is 12.2 Å². The SMILES string of the molecule is O=C(NC/C=C/c1ccccc1)OCc1ccccc1. The normalized spacial score (nSPS) is 10.4. The highest BCUT2D eigenvalue weighted by Gasteiger charge is 1.99. The summed E-state index contributed by atoms with van der Waals surface area (Å²) in [7, 11) is 0. The van der Waals surface area contributed by atoms with Gasteiger partial charge < -0.3 is 10.1 Å². The van der Waals surface area contributed by atoms with E-state index in [1.54, 1.807) is 0 Å². The van der Waals surface area contributed by atoms with E-state index in [0.29, 0.717) is 6.54 Å². The molecule has 3 nitrogen and oxygen atoms in total. The Kier molecular flexibility index (Phi) is 5.40. The Labute approximate surface area is 118 Å². The Hall–Kier alpha value is -2.55. The Morgan fingerprint density at radius 3 is 2.35 bits per heavy atom. The standard InChI is InChI=1S/C17H17NO2/c19-17(20-14-16-10-5-2-6-11-16)18-13-7-12-15-8-3-1-4-9-15/h1-12H,13-14H2,(H,18,19)/b12-7+. The number of carbonyl (C=O) groups excluding carboxylic acids is 1. The average Bonchev–Trinajstić information content (AvgIpc) is 2.52. The zero-order chi connectivity index (χ0) is 14.0. The summed E-state index contributed by atoms with van der Waals surface area (Å²) in [4.78, 5) is 11.5. The average molecular weight is 267 g/mol. The summed E-state index contributed by atoms with van der Waals surface area (Å²) in [5.41, 5.74) is 2.08. The fraction of sp³-hybridized carbons (Fsp3) is 0.118. The van der Waals surface area contributed by atoms with Crippen LogP contribution < -0.4 is 5.32 Å². The third-order valence-electron chi connectivity index (χ3n) is 2.69. The van der Waals surface area contributed by atoms with E-state index in [1.807, 2.05) is 72.8 Å². The lowest BCUT2D eigenvalue weighted by molar-refractivity contribution is 0.141. The molecule has 0 aromatic heterocycles. The molecule has 0 radical (unpaired) electrons. The first kappa shape index (κ1) is 13.9. The maximum absolute atomic E-state index is 11.5. The minimum atomic E-state index is -0.411. The monoisotopic (exact) mass is 267 g/mol. The summed E-state index contributed by atoms with van der Waals surface area (Å²) in [6, 6.07) is 19.5. The number of benzene rings is 2. The van der Waals surface area contributed by atoms with E-state index in [-0.39, 0.29) is 6.61 Å². The first-order valence-corrected chi connectivity index (χ1v) is 6.51. The van der Waals surface area contributed by atoms with Crippen molar-refractivity contribution in [1.29, 1.82) is 0 Å². The Morgan fingerprint density at radius 2 is 1.65 bits per heavy atom. The summed E-state index contributed by atoms with van der Waals surface area (Å²) in [6.07, 6.45) is 3.43. The van der Waals surface area contributed by atoms with Crippen LogP contribution in [0.3, 0.4) is 0 Å². The molecule has 0 aliphatic heterocycles. The van der Waals surface area contributed by atoms with Crippen LogP contribution in [0.1, 0.15) is 11.1 Å². The van der Waals surface area contributed by atoms with Gasteiger partial charge in [-0.15, -0.1) is 0 Å². The zero-order valence-electron chi connectivity index (χ0n) is 11.2. The van der Waals surface area contributed by atoms with Crippen molar-refractivity contribution in [3.63, 3.8) is 0 Å². The van der Waals surface area contributed by atoms with Crippen LogP contribution in [-0.4, -0.2) is 12.6 Å².